The van der Waals surface area contributed by atoms with Gasteiger partial charge in [0.2, 0.25) is 22.1 Å². The monoisotopic (exact) mass is 511 g/mol. The number of aliphatic hydroxyl groups is 1. The minimum Gasteiger partial charge on any atom is -0.497 e. The smallest absolute Gasteiger partial charge is 0.370 e. The second-order valence-electron chi connectivity index (χ2n) is 7.45. The molecule has 0 saturated carbocycles. The van der Waals surface area contributed by atoms with Crippen LogP contribution in [0.1, 0.15) is 17.9 Å². The molecule has 0 spiro atoms. The van der Waals surface area contributed by atoms with E-state index in [9.17, 15) is 23.4 Å². The normalized spacial score (nSPS) is 18.3. The third kappa shape index (κ3) is 6.49. The summed E-state index contributed by atoms with van der Waals surface area (Å²) < 4.78 is 43.3. The number of methoxy groups -OCH3 is 1. The highest BCUT2D eigenvalue weighted by Gasteiger charge is 2.30. The van der Waals surface area contributed by atoms with Gasteiger partial charge in [-0.05, 0) is 48.0 Å². The van der Waals surface area contributed by atoms with Crippen molar-refractivity contribution in [3.05, 3.63) is 71.0 Å². The number of hydrogen-bond acceptors (Lipinski definition) is 7. The van der Waals surface area contributed by atoms with E-state index in [1.165, 1.54) is 37.5 Å². The quantitative estimate of drug-likeness (QED) is 0.472. The predicted octanol–water partition coefficient (Wildman–Crippen LogP) is 2.85. The van der Waals surface area contributed by atoms with Crippen LogP contribution in [0, 0.1) is 0 Å². The molecule has 0 amide bonds. The molecule has 184 valence electrons. The van der Waals surface area contributed by atoms with E-state index in [0.717, 1.165) is 9.87 Å². The molecule has 0 aromatic heterocycles. The van der Waals surface area contributed by atoms with Crippen molar-refractivity contribution in [3.63, 3.8) is 0 Å². The van der Waals surface area contributed by atoms with Gasteiger partial charge in [-0.2, -0.15) is 4.31 Å². The van der Waals surface area contributed by atoms with E-state index in [0.29, 0.717) is 17.2 Å². The third-order valence-corrected chi connectivity index (χ3v) is 7.42. The third-order valence-electron chi connectivity index (χ3n) is 5.26. The first kappa shape index (κ1) is 26.0. The number of sulfonamides is 1. The van der Waals surface area contributed by atoms with Gasteiger partial charge in [0.1, 0.15) is 5.75 Å². The van der Waals surface area contributed by atoms with E-state index in [-0.39, 0.29) is 42.9 Å². The number of allylic oxidation sites excluding steroid dienone is 1. The molecule has 0 bridgehead atoms. The van der Waals surface area contributed by atoms with Gasteiger partial charge in [-0.15, -0.1) is 0 Å². The molecule has 0 radical (unpaired) electrons. The molecule has 2 atom stereocenters. The molecule has 34 heavy (non-hydrogen) atoms. The van der Waals surface area contributed by atoms with Gasteiger partial charge >= 0.3 is 5.97 Å². The van der Waals surface area contributed by atoms with Crippen molar-refractivity contribution < 1.29 is 37.6 Å². The van der Waals surface area contributed by atoms with Crippen LogP contribution in [-0.2, 0) is 24.3 Å². The van der Waals surface area contributed by atoms with Gasteiger partial charge in [-0.25, -0.2) is 13.2 Å². The number of aliphatic hydroxyl groups excluding tert-OH is 1. The Labute approximate surface area is 203 Å². The number of rotatable bonds is 11. The minimum absolute atomic E-state index is 0.0505. The Hall–Kier alpha value is -2.63. The maximum Gasteiger partial charge on any atom is 0.370 e. The fourth-order valence-electron chi connectivity index (χ4n) is 3.50. The van der Waals surface area contributed by atoms with Crippen molar-refractivity contribution in [3.8, 4) is 5.75 Å². The fraction of sp³-hybridized carbons (Fsp3) is 0.348. The Morgan fingerprint density at radius 2 is 1.82 bits per heavy atom. The van der Waals surface area contributed by atoms with Crippen LogP contribution in [-0.4, -0.2) is 68.6 Å². The summed E-state index contributed by atoms with van der Waals surface area (Å²) in [5.41, 5.74) is 0.851. The standard InChI is InChI=1S/C23H26ClNO8S/c1-31-19-6-8-20(9-7-19)34(29,30)25(10-12-26)11-13-32-22-15-17(14-21(33-22)23(27)28)16-2-4-18(24)5-3-16/h2-9,14,17,22,26H,10-13,15H2,1H3,(H,27,28)/t17-,22+/m1/s1. The zero-order valence-corrected chi connectivity index (χ0v) is 20.0. The molecule has 0 aliphatic carbocycles. The van der Waals surface area contributed by atoms with Crippen molar-refractivity contribution >= 4 is 27.6 Å². The van der Waals surface area contributed by atoms with Crippen molar-refractivity contribution in [2.75, 3.05) is 33.4 Å². The predicted molar refractivity (Wildman–Crippen MR) is 124 cm³/mol. The van der Waals surface area contributed by atoms with Crippen LogP contribution in [0.2, 0.25) is 5.02 Å². The summed E-state index contributed by atoms with van der Waals surface area (Å²) in [6.07, 6.45) is 0.956. The molecule has 9 nitrogen and oxygen atoms in total. The Bertz CT molecular complexity index is 1100. The van der Waals surface area contributed by atoms with Crippen LogP contribution in [0.5, 0.6) is 5.75 Å². The number of nitrogens with zero attached hydrogens (tertiary/aromatic N) is 1. The van der Waals surface area contributed by atoms with Crippen LogP contribution in [0.15, 0.2) is 65.3 Å². The molecule has 0 fully saturated rings. The van der Waals surface area contributed by atoms with E-state index in [1.54, 1.807) is 24.3 Å². The number of aliphatic carboxylic acids is 1. The summed E-state index contributed by atoms with van der Waals surface area (Å²) in [5, 5.41) is 19.4. The molecule has 2 aromatic rings. The molecule has 0 saturated heterocycles. The Morgan fingerprint density at radius 3 is 2.41 bits per heavy atom. The summed E-state index contributed by atoms with van der Waals surface area (Å²) in [4.78, 5) is 11.6. The highest BCUT2D eigenvalue weighted by Crippen LogP contribution is 2.32. The second-order valence-corrected chi connectivity index (χ2v) is 9.83. The molecule has 1 heterocycles. The zero-order chi connectivity index (χ0) is 24.7. The SMILES string of the molecule is COc1ccc(S(=O)(=O)N(CCO)CCO[C@@H]2C[C@H](c3ccc(Cl)cc3)C=C(C(=O)O)O2)cc1. The lowest BCUT2D eigenvalue weighted by Crippen LogP contribution is -2.37. The first-order chi connectivity index (χ1) is 16.2. The van der Waals surface area contributed by atoms with Gasteiger partial charge < -0.3 is 24.4 Å². The van der Waals surface area contributed by atoms with E-state index < -0.39 is 22.3 Å². The van der Waals surface area contributed by atoms with E-state index in [4.69, 9.17) is 25.8 Å². The summed E-state index contributed by atoms with van der Waals surface area (Å²) in [7, 11) is -2.41. The summed E-state index contributed by atoms with van der Waals surface area (Å²) >= 11 is 5.94. The fourth-order valence-corrected chi connectivity index (χ4v) is 5.04. The summed E-state index contributed by atoms with van der Waals surface area (Å²) in [6, 6.07) is 12.9. The van der Waals surface area contributed by atoms with Gasteiger partial charge in [0, 0.05) is 30.5 Å². The Kier molecular flexibility index (Phi) is 8.92. The van der Waals surface area contributed by atoms with E-state index >= 15 is 0 Å². The minimum atomic E-state index is -3.89. The average molecular weight is 512 g/mol. The highest BCUT2D eigenvalue weighted by atomic mass is 35.5. The first-order valence-electron chi connectivity index (χ1n) is 10.5. The molecular weight excluding hydrogens is 486 g/mol. The number of carbonyl (C=O) groups is 1. The molecular formula is C23H26ClNO8S. The van der Waals surface area contributed by atoms with Crippen molar-refractivity contribution in [2.24, 2.45) is 0 Å². The molecule has 1 aliphatic rings. The van der Waals surface area contributed by atoms with Crippen LogP contribution in [0.3, 0.4) is 0 Å². The van der Waals surface area contributed by atoms with Crippen LogP contribution in [0.4, 0.5) is 0 Å². The second kappa shape index (κ2) is 11.7. The zero-order valence-electron chi connectivity index (χ0n) is 18.5. The van der Waals surface area contributed by atoms with Gasteiger partial charge in [-0.1, -0.05) is 23.7 Å². The van der Waals surface area contributed by atoms with Crippen molar-refractivity contribution in [2.45, 2.75) is 23.5 Å². The molecule has 3 rings (SSSR count). The molecule has 2 aromatic carbocycles. The van der Waals surface area contributed by atoms with Crippen LogP contribution in [0.25, 0.3) is 0 Å². The number of benzene rings is 2. The van der Waals surface area contributed by atoms with E-state index in [1.807, 2.05) is 0 Å². The largest absolute Gasteiger partial charge is 0.497 e. The topological polar surface area (TPSA) is 123 Å². The lowest BCUT2D eigenvalue weighted by molar-refractivity contribution is -0.157. The van der Waals surface area contributed by atoms with Crippen molar-refractivity contribution in [1.82, 2.24) is 4.31 Å². The Morgan fingerprint density at radius 1 is 1.15 bits per heavy atom. The number of hydrogen-bond donors (Lipinski definition) is 2. The molecule has 11 heteroatoms. The molecule has 0 unspecified atom stereocenters. The number of halogens is 1. The summed E-state index contributed by atoms with van der Waals surface area (Å²) in [6.45, 7) is -0.635. The van der Waals surface area contributed by atoms with Gasteiger partial charge in [-0.3, -0.25) is 0 Å². The van der Waals surface area contributed by atoms with Gasteiger partial charge in [0.15, 0.2) is 0 Å². The molecule has 1 aliphatic heterocycles. The lowest BCUT2D eigenvalue weighted by atomic mass is 9.93. The highest BCUT2D eigenvalue weighted by molar-refractivity contribution is 7.89. The lowest BCUT2D eigenvalue weighted by Gasteiger charge is -2.29. The van der Waals surface area contributed by atoms with Crippen molar-refractivity contribution in [1.29, 1.82) is 0 Å². The average Bonchev–Trinajstić information content (AvgIpc) is 2.83. The first-order valence-corrected chi connectivity index (χ1v) is 12.3. The summed E-state index contributed by atoms with van der Waals surface area (Å²) in [5.74, 6) is -1.23. The maximum absolute atomic E-state index is 13.0. The van der Waals surface area contributed by atoms with Crippen LogP contribution >= 0.6 is 11.6 Å². The number of carboxylic acid groups (broad SMARTS) is 1. The van der Waals surface area contributed by atoms with Crippen LogP contribution < -0.4 is 4.74 Å². The van der Waals surface area contributed by atoms with Gasteiger partial charge in [0.25, 0.3) is 0 Å². The van der Waals surface area contributed by atoms with Gasteiger partial charge in [0.05, 0.1) is 25.2 Å². The number of carboxylic acids is 1. The molecule has 2 N–H and O–H groups in total. The number of ether oxygens (including phenoxy) is 3. The Balaban J connectivity index is 1.67. The van der Waals surface area contributed by atoms with E-state index in [2.05, 4.69) is 0 Å². The maximum atomic E-state index is 13.0.